The van der Waals surface area contributed by atoms with Crippen LogP contribution in [0.1, 0.15) is 28.3 Å². The van der Waals surface area contributed by atoms with Gasteiger partial charge >= 0.3 is 6.18 Å². The molecule has 1 aliphatic rings. The number of aliphatic imine (C=N–C) groups is 1. The Morgan fingerprint density at radius 1 is 1.24 bits per heavy atom. The first-order valence-electron chi connectivity index (χ1n) is 7.63. The number of hydrogen-bond acceptors (Lipinski definition) is 8. The van der Waals surface area contributed by atoms with Gasteiger partial charge in [-0.25, -0.2) is 14.4 Å². The number of nitrogen functional groups attached to an aromatic ring is 2. The average Bonchev–Trinajstić information content (AvgIpc) is 2.62. The van der Waals surface area contributed by atoms with Crippen LogP contribution in [0.3, 0.4) is 0 Å². The van der Waals surface area contributed by atoms with Crippen LogP contribution in [0.2, 0.25) is 0 Å². The van der Waals surface area contributed by atoms with Crippen molar-refractivity contribution in [2.45, 2.75) is 12.2 Å². The van der Waals surface area contributed by atoms with Crippen molar-refractivity contribution in [2.24, 2.45) is 4.99 Å². The summed E-state index contributed by atoms with van der Waals surface area (Å²) in [4.78, 5) is 8.00. The smallest absolute Gasteiger partial charge is 0.397 e. The van der Waals surface area contributed by atoms with Crippen molar-refractivity contribution >= 4 is 39.2 Å². The number of nitrogens with zero attached hydrogens (tertiary/aromatic N) is 4. The molecule has 3 rings (SSSR count). The fourth-order valence-corrected chi connectivity index (χ4v) is 3.30. The van der Waals surface area contributed by atoms with E-state index in [0.717, 1.165) is 6.07 Å². The average molecular weight is 469 g/mol. The molecule has 0 saturated carbocycles. The van der Waals surface area contributed by atoms with Crippen LogP contribution in [0.15, 0.2) is 21.6 Å². The molecule has 1 aliphatic heterocycles. The number of hydrogen-bond donors (Lipinski definition) is 4. The molecule has 1 aromatic heterocycles. The van der Waals surface area contributed by atoms with Gasteiger partial charge in [-0.05, 0) is 12.1 Å². The zero-order chi connectivity index (χ0) is 21.5. The lowest BCUT2D eigenvalue weighted by molar-refractivity contribution is -0.140. The summed E-state index contributed by atoms with van der Waals surface area (Å²) in [5.41, 5.74) is 9.15. The zero-order valence-corrected chi connectivity index (χ0v) is 15.7. The number of anilines is 3. The van der Waals surface area contributed by atoms with Crippen molar-refractivity contribution in [3.63, 3.8) is 0 Å². The Kier molecular flexibility index (Phi) is 4.94. The maximum absolute atomic E-state index is 14.9. The van der Waals surface area contributed by atoms with E-state index in [2.05, 4.69) is 36.5 Å². The molecule has 2 heterocycles. The van der Waals surface area contributed by atoms with Crippen LogP contribution in [-0.2, 0) is 6.18 Å². The Bertz CT molecular complexity index is 1130. The first-order valence-corrected chi connectivity index (χ1v) is 8.42. The van der Waals surface area contributed by atoms with Gasteiger partial charge < -0.3 is 16.8 Å². The van der Waals surface area contributed by atoms with Crippen LogP contribution in [0.5, 0.6) is 0 Å². The summed E-state index contributed by atoms with van der Waals surface area (Å²) in [6, 6.07) is 1.98. The third-order valence-corrected chi connectivity index (χ3v) is 4.48. The van der Waals surface area contributed by atoms with Gasteiger partial charge in [-0.15, -0.1) is 0 Å². The highest BCUT2D eigenvalue weighted by Crippen LogP contribution is 2.44. The van der Waals surface area contributed by atoms with E-state index >= 15 is 0 Å². The highest BCUT2D eigenvalue weighted by molar-refractivity contribution is 9.10. The van der Waals surface area contributed by atoms with E-state index in [1.807, 2.05) is 0 Å². The normalized spacial score (nSPS) is 15.4. The van der Waals surface area contributed by atoms with E-state index in [4.69, 9.17) is 16.7 Å². The molecule has 0 spiro atoms. The van der Waals surface area contributed by atoms with Gasteiger partial charge in [-0.1, -0.05) is 15.9 Å². The van der Waals surface area contributed by atoms with E-state index in [1.165, 1.54) is 0 Å². The highest BCUT2D eigenvalue weighted by atomic mass is 79.9. The van der Waals surface area contributed by atoms with E-state index in [-0.39, 0.29) is 38.9 Å². The summed E-state index contributed by atoms with van der Waals surface area (Å²) < 4.78 is 54.6. The first-order chi connectivity index (χ1) is 13.6. The molecule has 6 N–H and O–H groups in total. The second-order valence-corrected chi connectivity index (χ2v) is 6.67. The zero-order valence-electron chi connectivity index (χ0n) is 14.1. The van der Waals surface area contributed by atoms with Gasteiger partial charge in [0, 0.05) is 15.6 Å². The molecule has 0 bridgehead atoms. The summed E-state index contributed by atoms with van der Waals surface area (Å²) in [5, 5.41) is 22.9. The minimum Gasteiger partial charge on any atom is -0.397 e. The number of guanidine groups is 1. The van der Waals surface area contributed by atoms with E-state index in [1.54, 1.807) is 12.3 Å². The summed E-state index contributed by atoms with van der Waals surface area (Å²) in [6.07, 6.45) is -3.39. The number of aromatic nitrogens is 1. The molecule has 0 saturated heterocycles. The van der Waals surface area contributed by atoms with Gasteiger partial charge in [0.15, 0.2) is 6.19 Å². The molecule has 0 amide bonds. The van der Waals surface area contributed by atoms with Crippen molar-refractivity contribution in [3.05, 3.63) is 44.7 Å². The molecule has 8 nitrogen and oxygen atoms in total. The number of rotatable bonds is 1. The monoisotopic (exact) mass is 468 g/mol. The quantitative estimate of drug-likeness (QED) is 0.285. The van der Waals surface area contributed by atoms with Gasteiger partial charge in [0.2, 0.25) is 5.96 Å². The molecule has 1 unspecified atom stereocenters. The number of nitrogens with one attached hydrogen (secondary N) is 2. The predicted octanol–water partition coefficient (Wildman–Crippen LogP) is 2.98. The maximum Gasteiger partial charge on any atom is 0.419 e. The Morgan fingerprint density at radius 2 is 1.93 bits per heavy atom. The first kappa shape index (κ1) is 20.2. The number of benzene rings is 1. The fourth-order valence-electron chi connectivity index (χ4n) is 2.82. The van der Waals surface area contributed by atoms with Crippen molar-refractivity contribution in [3.8, 4) is 12.3 Å². The number of nitrogens with two attached hydrogens (primary N) is 2. The number of fused-ring (bicyclic) bond motifs is 1. The Labute approximate surface area is 169 Å². The van der Waals surface area contributed by atoms with Crippen molar-refractivity contribution in [1.29, 1.82) is 10.5 Å². The van der Waals surface area contributed by atoms with Gasteiger partial charge in [0.05, 0.1) is 11.3 Å². The topological polar surface area (TPSA) is 149 Å². The molecule has 2 aromatic rings. The third kappa shape index (κ3) is 3.48. The van der Waals surface area contributed by atoms with Gasteiger partial charge in [-0.2, -0.15) is 23.7 Å². The van der Waals surface area contributed by atoms with Crippen LogP contribution in [-0.4, -0.2) is 10.9 Å². The second kappa shape index (κ2) is 7.10. The summed E-state index contributed by atoms with van der Waals surface area (Å²) in [6.45, 7) is 0. The van der Waals surface area contributed by atoms with Crippen LogP contribution < -0.4 is 22.1 Å². The lowest BCUT2D eigenvalue weighted by Crippen LogP contribution is -2.33. The summed E-state index contributed by atoms with van der Waals surface area (Å²) >= 11 is 2.93. The molecule has 0 aliphatic carbocycles. The van der Waals surface area contributed by atoms with Crippen molar-refractivity contribution in [1.82, 2.24) is 10.3 Å². The van der Waals surface area contributed by atoms with Gasteiger partial charge in [-0.3, -0.25) is 5.32 Å². The van der Waals surface area contributed by atoms with Crippen LogP contribution in [0.4, 0.5) is 34.9 Å². The molecular weight excluding hydrogens is 460 g/mol. The molecule has 1 aromatic carbocycles. The Balaban J connectivity index is 2.35. The molecule has 29 heavy (non-hydrogen) atoms. The van der Waals surface area contributed by atoms with Crippen LogP contribution in [0.25, 0.3) is 0 Å². The third-order valence-electron chi connectivity index (χ3n) is 4.02. The predicted molar refractivity (Wildman–Crippen MR) is 98.5 cm³/mol. The standard InChI is InChI=1S/C16H9BrF4N8/c17-5-1-6(10(18)8(2-5)16(19,20)21)12-9-11(24)7(3-22)13(25)28-14(9)29-15(27-12)26-4-23/h1-2,12H,(H6,24,25,26,27,28,29). The van der Waals surface area contributed by atoms with Gasteiger partial charge in [0.1, 0.15) is 35.1 Å². The minimum absolute atomic E-state index is 0.0515. The van der Waals surface area contributed by atoms with Crippen molar-refractivity contribution < 1.29 is 17.6 Å². The van der Waals surface area contributed by atoms with Crippen LogP contribution in [0, 0.1) is 28.6 Å². The lowest BCUT2D eigenvalue weighted by Gasteiger charge is -2.27. The van der Waals surface area contributed by atoms with E-state index < -0.39 is 29.2 Å². The molecule has 0 radical (unpaired) electrons. The fraction of sp³-hybridized carbons (Fsp3) is 0.125. The lowest BCUT2D eigenvalue weighted by atomic mass is 9.93. The molecular formula is C16H9BrF4N8. The second-order valence-electron chi connectivity index (χ2n) is 5.76. The molecule has 13 heteroatoms. The van der Waals surface area contributed by atoms with Gasteiger partial charge in [0.25, 0.3) is 0 Å². The largest absolute Gasteiger partial charge is 0.419 e. The number of pyridine rings is 1. The molecule has 1 atom stereocenters. The van der Waals surface area contributed by atoms with E-state index in [9.17, 15) is 22.8 Å². The highest BCUT2D eigenvalue weighted by Gasteiger charge is 2.38. The number of alkyl halides is 3. The number of nitriles is 2. The SMILES string of the molecule is N#CNC1=NC(c2cc(Br)cc(C(F)(F)F)c2F)c2c(nc(N)c(C#N)c2N)N1. The van der Waals surface area contributed by atoms with E-state index in [0.29, 0.717) is 6.07 Å². The summed E-state index contributed by atoms with van der Waals surface area (Å²) in [7, 11) is 0. The van der Waals surface area contributed by atoms with Crippen molar-refractivity contribution in [2.75, 3.05) is 16.8 Å². The van der Waals surface area contributed by atoms with Crippen LogP contribution >= 0.6 is 15.9 Å². The number of halogens is 5. The minimum atomic E-state index is -4.97. The Morgan fingerprint density at radius 3 is 2.52 bits per heavy atom. The molecule has 0 fully saturated rings. The molecule has 148 valence electrons. The summed E-state index contributed by atoms with van der Waals surface area (Å²) in [5.74, 6) is -2.12. The Hall–Kier alpha value is -3.58. The maximum atomic E-state index is 14.9.